The van der Waals surface area contributed by atoms with Crippen molar-refractivity contribution >= 4 is 16.9 Å². The predicted molar refractivity (Wildman–Crippen MR) is 71.7 cm³/mol. The third-order valence-electron chi connectivity index (χ3n) is 3.97. The van der Waals surface area contributed by atoms with Crippen molar-refractivity contribution in [1.82, 2.24) is 20.3 Å². The highest BCUT2D eigenvalue weighted by molar-refractivity contribution is 5.87. The molecule has 2 aromatic rings. The number of aliphatic hydroxyl groups is 3. The summed E-state index contributed by atoms with van der Waals surface area (Å²) in [5.74, 6) is 0.318. The average Bonchev–Trinajstić information content (AvgIpc) is 2.92. The minimum Gasteiger partial charge on any atom is -0.395 e. The Hall–Kier alpha value is -1.74. The van der Waals surface area contributed by atoms with E-state index < -0.39 is 23.8 Å². The summed E-state index contributed by atoms with van der Waals surface area (Å²) in [5.41, 5.74) is 6.18. The second kappa shape index (κ2) is 4.38. The molecule has 0 aromatic carbocycles. The standard InChI is InChI=1S/C12H17N5O3/c1-12(20)9(17-6(3-18)10(12)19)5-2-14-8-7(5)15-4-16-11(8)13/h2,4,6,9-10,14,17-20H,3H2,1H3,(H2,13,15,16)/t6-,9+,10-,12+/m1/s1. The van der Waals surface area contributed by atoms with Crippen molar-refractivity contribution in [1.29, 1.82) is 0 Å². The van der Waals surface area contributed by atoms with Crippen LogP contribution in [0, 0.1) is 0 Å². The highest BCUT2D eigenvalue weighted by Crippen LogP contribution is 2.39. The smallest absolute Gasteiger partial charge is 0.151 e. The summed E-state index contributed by atoms with van der Waals surface area (Å²) in [5, 5.41) is 32.9. The van der Waals surface area contributed by atoms with Gasteiger partial charge in [0.15, 0.2) is 5.82 Å². The number of nitrogen functional groups attached to an aromatic ring is 1. The third kappa shape index (κ3) is 1.70. The van der Waals surface area contributed by atoms with Crippen molar-refractivity contribution in [3.8, 4) is 0 Å². The van der Waals surface area contributed by atoms with E-state index in [1.54, 1.807) is 6.20 Å². The molecule has 0 amide bonds. The van der Waals surface area contributed by atoms with Crippen molar-refractivity contribution in [2.45, 2.75) is 30.7 Å². The van der Waals surface area contributed by atoms with E-state index in [1.165, 1.54) is 13.3 Å². The highest BCUT2D eigenvalue weighted by Gasteiger charge is 2.51. The van der Waals surface area contributed by atoms with E-state index in [0.717, 1.165) is 0 Å². The summed E-state index contributed by atoms with van der Waals surface area (Å²) in [6, 6.07) is -1.17. The number of aromatic amines is 1. The molecule has 108 valence electrons. The quantitative estimate of drug-likeness (QED) is 0.399. The van der Waals surface area contributed by atoms with E-state index in [9.17, 15) is 15.3 Å². The lowest BCUT2D eigenvalue weighted by atomic mass is 9.89. The Morgan fingerprint density at radius 3 is 2.85 bits per heavy atom. The normalized spacial score (nSPS) is 33.9. The molecule has 3 rings (SSSR count). The molecule has 0 unspecified atom stereocenters. The lowest BCUT2D eigenvalue weighted by Crippen LogP contribution is -2.43. The largest absolute Gasteiger partial charge is 0.395 e. The number of hydrogen-bond acceptors (Lipinski definition) is 7. The molecule has 0 radical (unpaired) electrons. The number of nitrogens with zero attached hydrogens (tertiary/aromatic N) is 2. The molecule has 7 N–H and O–H groups in total. The van der Waals surface area contributed by atoms with E-state index >= 15 is 0 Å². The zero-order valence-electron chi connectivity index (χ0n) is 10.9. The van der Waals surface area contributed by atoms with Gasteiger partial charge in [-0.15, -0.1) is 0 Å². The molecule has 0 spiro atoms. The zero-order valence-corrected chi connectivity index (χ0v) is 10.9. The topological polar surface area (TPSA) is 140 Å². The fourth-order valence-electron chi connectivity index (χ4n) is 2.81. The van der Waals surface area contributed by atoms with Crippen LogP contribution in [0.5, 0.6) is 0 Å². The lowest BCUT2D eigenvalue weighted by Gasteiger charge is -2.27. The third-order valence-corrected chi connectivity index (χ3v) is 3.97. The average molecular weight is 279 g/mol. The van der Waals surface area contributed by atoms with E-state index in [-0.39, 0.29) is 6.61 Å². The van der Waals surface area contributed by atoms with Gasteiger partial charge in [0.05, 0.1) is 24.2 Å². The van der Waals surface area contributed by atoms with Crippen LogP contribution in [-0.2, 0) is 0 Å². The first-order chi connectivity index (χ1) is 9.46. The first-order valence-corrected chi connectivity index (χ1v) is 6.31. The lowest BCUT2D eigenvalue weighted by molar-refractivity contribution is -0.0575. The van der Waals surface area contributed by atoms with E-state index in [4.69, 9.17) is 5.73 Å². The Kier molecular flexibility index (Phi) is 2.91. The van der Waals surface area contributed by atoms with Crippen molar-refractivity contribution in [2.24, 2.45) is 0 Å². The maximum Gasteiger partial charge on any atom is 0.151 e. The molecule has 8 heteroatoms. The molecular weight excluding hydrogens is 262 g/mol. The summed E-state index contributed by atoms with van der Waals surface area (Å²) in [4.78, 5) is 11.0. The molecule has 0 aliphatic carbocycles. The molecule has 4 atom stereocenters. The zero-order chi connectivity index (χ0) is 14.5. The summed E-state index contributed by atoms with van der Waals surface area (Å²) < 4.78 is 0. The number of aliphatic hydroxyl groups excluding tert-OH is 2. The van der Waals surface area contributed by atoms with Gasteiger partial charge in [-0.3, -0.25) is 5.32 Å². The Bertz CT molecular complexity index is 641. The maximum atomic E-state index is 10.5. The summed E-state index contributed by atoms with van der Waals surface area (Å²) in [6.45, 7) is 1.25. The fourth-order valence-corrected chi connectivity index (χ4v) is 2.81. The van der Waals surface area contributed by atoms with Gasteiger partial charge >= 0.3 is 0 Å². The van der Waals surface area contributed by atoms with Crippen LogP contribution >= 0.6 is 0 Å². The molecule has 1 saturated heterocycles. The number of fused-ring (bicyclic) bond motifs is 1. The van der Waals surface area contributed by atoms with Crippen LogP contribution in [0.2, 0.25) is 0 Å². The minimum absolute atomic E-state index is 0.271. The molecular formula is C12H17N5O3. The number of anilines is 1. The molecule has 2 aromatic heterocycles. The van der Waals surface area contributed by atoms with Crippen molar-refractivity contribution in [3.63, 3.8) is 0 Å². The van der Waals surface area contributed by atoms with Gasteiger partial charge in [-0.1, -0.05) is 0 Å². The van der Waals surface area contributed by atoms with Crippen LogP contribution in [0.25, 0.3) is 11.0 Å². The van der Waals surface area contributed by atoms with Gasteiger partial charge in [0.2, 0.25) is 0 Å². The summed E-state index contributed by atoms with van der Waals surface area (Å²) in [7, 11) is 0. The Morgan fingerprint density at radius 1 is 1.45 bits per heavy atom. The van der Waals surface area contributed by atoms with E-state index in [0.29, 0.717) is 22.4 Å². The fraction of sp³-hybridized carbons (Fsp3) is 0.500. The second-order valence-corrected chi connectivity index (χ2v) is 5.29. The van der Waals surface area contributed by atoms with Crippen molar-refractivity contribution in [3.05, 3.63) is 18.1 Å². The van der Waals surface area contributed by atoms with Crippen LogP contribution in [-0.4, -0.2) is 54.6 Å². The second-order valence-electron chi connectivity index (χ2n) is 5.29. The van der Waals surface area contributed by atoms with Gasteiger partial charge in [-0.2, -0.15) is 0 Å². The highest BCUT2D eigenvalue weighted by atomic mass is 16.3. The molecule has 1 fully saturated rings. The number of nitrogens with two attached hydrogens (primary N) is 1. The van der Waals surface area contributed by atoms with Crippen molar-refractivity contribution in [2.75, 3.05) is 12.3 Å². The van der Waals surface area contributed by atoms with Gasteiger partial charge in [-0.25, -0.2) is 9.97 Å². The molecule has 0 bridgehead atoms. The monoisotopic (exact) mass is 279 g/mol. The molecule has 1 aliphatic rings. The van der Waals surface area contributed by atoms with Gasteiger partial charge in [0, 0.05) is 11.8 Å². The molecule has 0 saturated carbocycles. The SMILES string of the molecule is C[C@@]1(O)[C@H](O)[C@@H](CO)N[C@H]1c1c[nH]c2c(N)ncnc12. The van der Waals surface area contributed by atoms with Crippen LogP contribution in [0.3, 0.4) is 0 Å². The van der Waals surface area contributed by atoms with Gasteiger partial charge in [0.25, 0.3) is 0 Å². The summed E-state index contributed by atoms with van der Waals surface area (Å²) >= 11 is 0. The Labute approximate surface area is 114 Å². The van der Waals surface area contributed by atoms with E-state index in [2.05, 4.69) is 20.3 Å². The predicted octanol–water partition coefficient (Wildman–Crippen LogP) is -1.34. The van der Waals surface area contributed by atoms with Gasteiger partial charge in [0.1, 0.15) is 23.5 Å². The van der Waals surface area contributed by atoms with E-state index in [1.807, 2.05) is 0 Å². The number of rotatable bonds is 2. The Morgan fingerprint density at radius 2 is 2.20 bits per heavy atom. The number of aromatic nitrogens is 3. The molecule has 20 heavy (non-hydrogen) atoms. The Balaban J connectivity index is 2.10. The van der Waals surface area contributed by atoms with Gasteiger partial charge < -0.3 is 26.0 Å². The number of nitrogens with one attached hydrogen (secondary N) is 2. The molecule has 1 aliphatic heterocycles. The first-order valence-electron chi connectivity index (χ1n) is 6.31. The molecule has 8 nitrogen and oxygen atoms in total. The van der Waals surface area contributed by atoms with Crippen LogP contribution in [0.15, 0.2) is 12.5 Å². The van der Waals surface area contributed by atoms with Crippen LogP contribution < -0.4 is 11.1 Å². The first kappa shape index (κ1) is 13.3. The van der Waals surface area contributed by atoms with Gasteiger partial charge in [-0.05, 0) is 6.92 Å². The van der Waals surface area contributed by atoms with Crippen LogP contribution in [0.1, 0.15) is 18.5 Å². The maximum absolute atomic E-state index is 10.5. The van der Waals surface area contributed by atoms with Crippen molar-refractivity contribution < 1.29 is 15.3 Å². The number of hydrogen-bond donors (Lipinski definition) is 6. The summed E-state index contributed by atoms with van der Waals surface area (Å²) in [6.07, 6.45) is 1.94. The number of H-pyrrole nitrogens is 1. The van der Waals surface area contributed by atoms with Crippen LogP contribution in [0.4, 0.5) is 5.82 Å². The minimum atomic E-state index is -1.43. The molecule has 3 heterocycles.